The predicted octanol–water partition coefficient (Wildman–Crippen LogP) is 17.0. The molecule has 0 aliphatic heterocycles. The van der Waals surface area contributed by atoms with E-state index in [1.165, 1.54) is 101 Å². The van der Waals surface area contributed by atoms with Crippen LogP contribution in [0.1, 0.15) is 0 Å². The van der Waals surface area contributed by atoms with E-state index in [-0.39, 0.29) is 0 Å². The summed E-state index contributed by atoms with van der Waals surface area (Å²) in [4.78, 5) is 2.42. The fourth-order valence-electron chi connectivity index (χ4n) is 9.61. The second kappa shape index (κ2) is 13.1. The molecule has 0 aliphatic rings. The third kappa shape index (κ3) is 5.05. The van der Waals surface area contributed by atoms with Gasteiger partial charge in [0.15, 0.2) is 0 Å². The Balaban J connectivity index is 1.05. The topological polar surface area (TPSA) is 8.17 Å². The Kier molecular flexibility index (Phi) is 7.38. The molecular formula is C56H34N2S2. The zero-order valence-corrected chi connectivity index (χ0v) is 34.0. The summed E-state index contributed by atoms with van der Waals surface area (Å²) >= 11 is 3.76. The van der Waals surface area contributed by atoms with Crippen molar-refractivity contribution in [1.82, 2.24) is 4.57 Å². The highest BCUT2D eigenvalue weighted by Crippen LogP contribution is 2.47. The second-order valence-electron chi connectivity index (χ2n) is 15.7. The van der Waals surface area contributed by atoms with Gasteiger partial charge in [0.25, 0.3) is 0 Å². The first-order valence-corrected chi connectivity index (χ1v) is 22.0. The van der Waals surface area contributed by atoms with E-state index >= 15 is 0 Å². The highest BCUT2D eigenvalue weighted by molar-refractivity contribution is 7.26. The van der Waals surface area contributed by atoms with Crippen LogP contribution in [-0.2, 0) is 0 Å². The summed E-state index contributed by atoms with van der Waals surface area (Å²) in [5, 5.41) is 12.8. The zero-order valence-electron chi connectivity index (χ0n) is 32.3. The summed E-state index contributed by atoms with van der Waals surface area (Å²) in [6, 6.07) is 76.2. The quantitative estimate of drug-likeness (QED) is 0.168. The Bertz CT molecular complexity index is 3830. The molecule has 0 unspecified atom stereocenters. The van der Waals surface area contributed by atoms with E-state index in [0.29, 0.717) is 0 Å². The lowest BCUT2D eigenvalue weighted by Gasteiger charge is -2.26. The van der Waals surface area contributed by atoms with Crippen LogP contribution in [0.4, 0.5) is 17.1 Å². The molecule has 280 valence electrons. The van der Waals surface area contributed by atoms with Crippen LogP contribution >= 0.6 is 22.7 Å². The number of para-hydroxylation sites is 1. The highest BCUT2D eigenvalue weighted by Gasteiger charge is 2.21. The van der Waals surface area contributed by atoms with Crippen molar-refractivity contribution in [1.29, 1.82) is 0 Å². The average molecular weight is 799 g/mol. The van der Waals surface area contributed by atoms with E-state index in [1.54, 1.807) is 0 Å². The number of hydrogen-bond donors (Lipinski definition) is 0. The van der Waals surface area contributed by atoms with Gasteiger partial charge < -0.3 is 9.47 Å². The minimum absolute atomic E-state index is 1.12. The van der Waals surface area contributed by atoms with Crippen molar-refractivity contribution in [2.24, 2.45) is 0 Å². The van der Waals surface area contributed by atoms with E-state index < -0.39 is 0 Å². The summed E-state index contributed by atoms with van der Waals surface area (Å²) in [6.07, 6.45) is 0. The molecule has 13 aromatic rings. The summed E-state index contributed by atoms with van der Waals surface area (Å²) in [7, 11) is 0. The minimum Gasteiger partial charge on any atom is -0.309 e. The summed E-state index contributed by atoms with van der Waals surface area (Å²) in [5.41, 5.74) is 9.48. The molecule has 10 aromatic carbocycles. The number of benzene rings is 10. The van der Waals surface area contributed by atoms with Gasteiger partial charge in [-0.25, -0.2) is 0 Å². The molecule has 0 N–H and O–H groups in total. The van der Waals surface area contributed by atoms with Gasteiger partial charge in [0.1, 0.15) is 0 Å². The molecule has 3 aromatic heterocycles. The van der Waals surface area contributed by atoms with Crippen LogP contribution in [0, 0.1) is 0 Å². The van der Waals surface area contributed by atoms with Crippen molar-refractivity contribution in [3.8, 4) is 16.8 Å². The summed E-state index contributed by atoms with van der Waals surface area (Å²) in [6.45, 7) is 0. The van der Waals surface area contributed by atoms with Crippen LogP contribution in [0.3, 0.4) is 0 Å². The van der Waals surface area contributed by atoms with Crippen LogP contribution in [0.25, 0.3) is 101 Å². The maximum absolute atomic E-state index is 2.51. The standard InChI is InChI=1S/C56H34N2S2/c1-2-16-39(17-3-1)57(50-22-12-21-45-43-19-8-10-23-52(43)60-56(45)50)40-28-25-36(26-29-40)46-33-41(34-47-44-20-9-11-24-53(44)59-55(46)47)58-49-30-27-35-13-6-7-18-42(35)54(49)48-31-37-14-4-5-15-38(37)32-51(48)58/h1-34H. The van der Waals surface area contributed by atoms with Gasteiger partial charge in [0.05, 0.1) is 21.4 Å². The van der Waals surface area contributed by atoms with E-state index in [4.69, 9.17) is 0 Å². The van der Waals surface area contributed by atoms with E-state index in [9.17, 15) is 0 Å². The van der Waals surface area contributed by atoms with Crippen molar-refractivity contribution in [3.05, 3.63) is 206 Å². The SMILES string of the molecule is c1ccc(N(c2ccc(-c3cc(-n4c5cc6ccccc6cc5c5c6ccccc6ccc54)cc4c3sc3ccccc34)cc2)c2cccc3c2sc2ccccc23)cc1. The largest absolute Gasteiger partial charge is 0.309 e. The fraction of sp³-hybridized carbons (Fsp3) is 0. The molecule has 0 spiro atoms. The van der Waals surface area contributed by atoms with E-state index in [1.807, 2.05) is 22.7 Å². The molecular weight excluding hydrogens is 765 g/mol. The molecule has 0 saturated carbocycles. The maximum atomic E-state index is 2.51. The van der Waals surface area contributed by atoms with Crippen LogP contribution < -0.4 is 4.90 Å². The lowest BCUT2D eigenvalue weighted by atomic mass is 10.0. The molecule has 0 saturated heterocycles. The molecule has 0 bridgehead atoms. The number of anilines is 3. The van der Waals surface area contributed by atoms with Crippen LogP contribution in [0.15, 0.2) is 206 Å². The summed E-state index contributed by atoms with van der Waals surface area (Å²) < 4.78 is 7.71. The Morgan fingerprint density at radius 2 is 0.983 bits per heavy atom. The Morgan fingerprint density at radius 1 is 0.367 bits per heavy atom. The molecule has 3 heterocycles. The van der Waals surface area contributed by atoms with Crippen molar-refractivity contribution in [2.45, 2.75) is 0 Å². The average Bonchev–Trinajstić information content (AvgIpc) is 3.98. The minimum atomic E-state index is 1.12. The molecule has 2 nitrogen and oxygen atoms in total. The molecule has 0 radical (unpaired) electrons. The van der Waals surface area contributed by atoms with Gasteiger partial charge in [0, 0.05) is 69.0 Å². The van der Waals surface area contributed by atoms with Gasteiger partial charge in [-0.2, -0.15) is 0 Å². The normalized spacial score (nSPS) is 12.0. The third-order valence-corrected chi connectivity index (χ3v) is 14.7. The van der Waals surface area contributed by atoms with E-state index in [0.717, 1.165) is 17.1 Å². The van der Waals surface area contributed by atoms with Gasteiger partial charge in [-0.1, -0.05) is 133 Å². The van der Waals surface area contributed by atoms with Crippen molar-refractivity contribution < 1.29 is 0 Å². The number of fused-ring (bicyclic) bond motifs is 12. The maximum Gasteiger partial charge on any atom is 0.0640 e. The number of thiophene rings is 2. The lowest BCUT2D eigenvalue weighted by molar-refractivity contribution is 1.19. The number of hydrogen-bond acceptors (Lipinski definition) is 3. The van der Waals surface area contributed by atoms with Gasteiger partial charge in [-0.05, 0) is 99.9 Å². The Labute approximate surface area is 354 Å². The first kappa shape index (κ1) is 33.7. The second-order valence-corrected chi connectivity index (χ2v) is 17.8. The monoisotopic (exact) mass is 798 g/mol. The van der Waals surface area contributed by atoms with Gasteiger partial charge in [-0.3, -0.25) is 0 Å². The predicted molar refractivity (Wildman–Crippen MR) is 262 cm³/mol. The molecule has 0 aliphatic carbocycles. The Hall–Kier alpha value is -7.24. The number of rotatable bonds is 5. The molecule has 13 rings (SSSR count). The van der Waals surface area contributed by atoms with Crippen molar-refractivity contribution in [2.75, 3.05) is 4.90 Å². The lowest BCUT2D eigenvalue weighted by Crippen LogP contribution is -2.09. The van der Waals surface area contributed by atoms with Gasteiger partial charge in [-0.15, -0.1) is 22.7 Å². The number of aromatic nitrogens is 1. The summed E-state index contributed by atoms with van der Waals surface area (Å²) in [5.74, 6) is 0. The highest BCUT2D eigenvalue weighted by atomic mass is 32.1. The van der Waals surface area contributed by atoms with Crippen LogP contribution in [0.2, 0.25) is 0 Å². The van der Waals surface area contributed by atoms with E-state index in [2.05, 4.69) is 216 Å². The van der Waals surface area contributed by atoms with Crippen molar-refractivity contribution >= 4 is 123 Å². The first-order chi connectivity index (χ1) is 29.7. The van der Waals surface area contributed by atoms with Crippen molar-refractivity contribution in [3.63, 3.8) is 0 Å². The number of nitrogens with zero attached hydrogens (tertiary/aromatic N) is 2. The fourth-order valence-corrected chi connectivity index (χ4v) is 12.0. The zero-order chi connectivity index (χ0) is 39.3. The molecule has 0 amide bonds. The molecule has 0 atom stereocenters. The smallest absolute Gasteiger partial charge is 0.0640 e. The molecule has 60 heavy (non-hydrogen) atoms. The van der Waals surface area contributed by atoms with Gasteiger partial charge >= 0.3 is 0 Å². The van der Waals surface area contributed by atoms with Crippen LogP contribution in [0.5, 0.6) is 0 Å². The first-order valence-electron chi connectivity index (χ1n) is 20.4. The van der Waals surface area contributed by atoms with Gasteiger partial charge in [0.2, 0.25) is 0 Å². The van der Waals surface area contributed by atoms with Crippen LogP contribution in [-0.4, -0.2) is 4.57 Å². The molecule has 4 heteroatoms. The third-order valence-electron chi connectivity index (χ3n) is 12.3. The molecule has 0 fully saturated rings. The Morgan fingerprint density at radius 3 is 1.77 bits per heavy atom.